The molecule has 1 aliphatic carbocycles. The molecule has 0 spiro atoms. The molecule has 1 saturated carbocycles. The smallest absolute Gasteiger partial charge is 0.244 e. The third-order valence-corrected chi connectivity index (χ3v) is 4.84. The van der Waals surface area contributed by atoms with E-state index in [4.69, 9.17) is 10.5 Å². The zero-order valence-electron chi connectivity index (χ0n) is 10.2. The Morgan fingerprint density at radius 2 is 2.16 bits per heavy atom. The van der Waals surface area contributed by atoms with Crippen molar-refractivity contribution >= 4 is 10.0 Å². The molecule has 0 atom stereocenters. The molecule has 0 unspecified atom stereocenters. The lowest BCUT2D eigenvalue weighted by atomic mass is 10.4. The van der Waals surface area contributed by atoms with Gasteiger partial charge in [0.25, 0.3) is 0 Å². The largest absolute Gasteiger partial charge is 0.246 e. The Balaban J connectivity index is 2.40. The van der Waals surface area contributed by atoms with Crippen molar-refractivity contribution in [2.45, 2.75) is 30.2 Å². The summed E-state index contributed by atoms with van der Waals surface area (Å²) in [6.45, 7) is 0.156. The lowest BCUT2D eigenvalue weighted by Gasteiger charge is -2.20. The fourth-order valence-electron chi connectivity index (χ4n) is 1.83. The van der Waals surface area contributed by atoms with Crippen molar-refractivity contribution in [3.63, 3.8) is 0 Å². The van der Waals surface area contributed by atoms with Gasteiger partial charge < -0.3 is 0 Å². The predicted molar refractivity (Wildman–Crippen MR) is 66.1 cm³/mol. The summed E-state index contributed by atoms with van der Waals surface area (Å²) in [5, 5.41) is 17.6. The van der Waals surface area contributed by atoms with Gasteiger partial charge in [0.1, 0.15) is 11.0 Å². The van der Waals surface area contributed by atoms with Crippen LogP contribution in [0, 0.1) is 22.7 Å². The van der Waals surface area contributed by atoms with E-state index in [-0.39, 0.29) is 29.6 Å². The standard InChI is InChI=1S/C12H12N4O2S/c13-6-2-8-16(10-4-5-10)19(17,18)12-3-1-7-15-11(12)9-14/h1,3,7,10H,2,4-5,8H2. The summed E-state index contributed by atoms with van der Waals surface area (Å²) in [5.74, 6) is 0. The number of nitrogens with zero attached hydrogens (tertiary/aromatic N) is 4. The minimum Gasteiger partial charge on any atom is -0.244 e. The van der Waals surface area contributed by atoms with Crippen molar-refractivity contribution in [2.24, 2.45) is 0 Å². The molecular formula is C12H12N4O2S. The van der Waals surface area contributed by atoms with Crippen LogP contribution in [-0.2, 0) is 10.0 Å². The Morgan fingerprint density at radius 3 is 2.74 bits per heavy atom. The first-order chi connectivity index (χ1) is 9.11. The van der Waals surface area contributed by atoms with E-state index in [1.165, 1.54) is 22.6 Å². The number of hydrogen-bond donors (Lipinski definition) is 0. The fourth-order valence-corrected chi connectivity index (χ4v) is 3.61. The van der Waals surface area contributed by atoms with Gasteiger partial charge in [0.05, 0.1) is 6.07 Å². The molecule has 0 aromatic carbocycles. The van der Waals surface area contributed by atoms with Crippen molar-refractivity contribution in [1.29, 1.82) is 10.5 Å². The highest BCUT2D eigenvalue weighted by Crippen LogP contribution is 2.32. The fraction of sp³-hybridized carbons (Fsp3) is 0.417. The van der Waals surface area contributed by atoms with Crippen molar-refractivity contribution in [3.05, 3.63) is 24.0 Å². The van der Waals surface area contributed by atoms with Crippen LogP contribution in [0.15, 0.2) is 23.2 Å². The van der Waals surface area contributed by atoms with E-state index in [2.05, 4.69) is 4.98 Å². The quantitative estimate of drug-likeness (QED) is 0.799. The Bertz CT molecular complexity index is 653. The van der Waals surface area contributed by atoms with Crippen molar-refractivity contribution in [2.75, 3.05) is 6.54 Å². The van der Waals surface area contributed by atoms with Crippen molar-refractivity contribution in [1.82, 2.24) is 9.29 Å². The number of hydrogen-bond acceptors (Lipinski definition) is 5. The average molecular weight is 276 g/mol. The van der Waals surface area contributed by atoms with Gasteiger partial charge in [-0.05, 0) is 25.0 Å². The molecular weight excluding hydrogens is 264 g/mol. The Morgan fingerprint density at radius 1 is 1.42 bits per heavy atom. The van der Waals surface area contributed by atoms with Gasteiger partial charge in [-0.2, -0.15) is 14.8 Å². The van der Waals surface area contributed by atoms with Gasteiger partial charge in [-0.3, -0.25) is 0 Å². The van der Waals surface area contributed by atoms with Gasteiger partial charge in [-0.25, -0.2) is 13.4 Å². The minimum atomic E-state index is -3.76. The normalized spacial score (nSPS) is 14.9. The summed E-state index contributed by atoms with van der Waals surface area (Å²) in [4.78, 5) is 3.69. The summed E-state index contributed by atoms with van der Waals surface area (Å²) in [7, 11) is -3.76. The van der Waals surface area contributed by atoms with E-state index in [0.29, 0.717) is 0 Å². The second-order valence-corrected chi connectivity index (χ2v) is 6.08. The zero-order valence-corrected chi connectivity index (χ0v) is 11.0. The number of sulfonamides is 1. The summed E-state index contributed by atoms with van der Waals surface area (Å²) < 4.78 is 26.4. The number of aromatic nitrogens is 1. The molecule has 1 heterocycles. The maximum absolute atomic E-state index is 12.5. The molecule has 0 saturated heterocycles. The molecule has 0 N–H and O–H groups in total. The molecule has 0 radical (unpaired) electrons. The maximum Gasteiger partial charge on any atom is 0.246 e. The maximum atomic E-state index is 12.5. The molecule has 1 aromatic heterocycles. The van der Waals surface area contributed by atoms with Gasteiger partial charge in [0.2, 0.25) is 10.0 Å². The first-order valence-electron chi connectivity index (χ1n) is 5.85. The van der Waals surface area contributed by atoms with E-state index >= 15 is 0 Å². The molecule has 7 heteroatoms. The molecule has 0 bridgehead atoms. The number of nitriles is 2. The van der Waals surface area contributed by atoms with Crippen LogP contribution >= 0.6 is 0 Å². The van der Waals surface area contributed by atoms with Gasteiger partial charge in [-0.1, -0.05) is 0 Å². The second-order valence-electron chi connectivity index (χ2n) is 4.22. The van der Waals surface area contributed by atoms with Crippen LogP contribution < -0.4 is 0 Å². The van der Waals surface area contributed by atoms with Gasteiger partial charge in [-0.15, -0.1) is 0 Å². The lowest BCUT2D eigenvalue weighted by molar-refractivity contribution is 0.410. The third kappa shape index (κ3) is 2.73. The topological polar surface area (TPSA) is 97.8 Å². The van der Waals surface area contributed by atoms with Crippen LogP contribution in [0.3, 0.4) is 0 Å². The molecule has 1 aliphatic rings. The molecule has 1 fully saturated rings. The van der Waals surface area contributed by atoms with E-state index in [1.54, 1.807) is 6.07 Å². The molecule has 0 aliphatic heterocycles. The van der Waals surface area contributed by atoms with E-state index in [0.717, 1.165) is 12.8 Å². The van der Waals surface area contributed by atoms with Crippen LogP contribution in [0.5, 0.6) is 0 Å². The van der Waals surface area contributed by atoms with E-state index in [1.807, 2.05) is 6.07 Å². The summed E-state index contributed by atoms with van der Waals surface area (Å²) in [6, 6.07) is 6.55. The molecule has 19 heavy (non-hydrogen) atoms. The summed E-state index contributed by atoms with van der Waals surface area (Å²) in [5.41, 5.74) is -0.106. The molecule has 1 aromatic rings. The Kier molecular flexibility index (Phi) is 3.79. The molecule has 6 nitrogen and oxygen atoms in total. The van der Waals surface area contributed by atoms with Gasteiger partial charge in [0, 0.05) is 25.2 Å². The van der Waals surface area contributed by atoms with Crippen molar-refractivity contribution < 1.29 is 8.42 Å². The Labute approximate surface area is 112 Å². The van der Waals surface area contributed by atoms with Crippen molar-refractivity contribution in [3.8, 4) is 12.1 Å². The highest BCUT2D eigenvalue weighted by Gasteiger charge is 2.38. The van der Waals surface area contributed by atoms with Gasteiger partial charge in [0.15, 0.2) is 5.69 Å². The first kappa shape index (κ1) is 13.5. The summed E-state index contributed by atoms with van der Waals surface area (Å²) in [6.07, 6.45) is 3.12. The van der Waals surface area contributed by atoms with E-state index in [9.17, 15) is 8.42 Å². The van der Waals surface area contributed by atoms with Crippen LogP contribution in [0.4, 0.5) is 0 Å². The number of rotatable bonds is 5. The van der Waals surface area contributed by atoms with E-state index < -0.39 is 10.0 Å². The SMILES string of the molecule is N#CCCN(C1CC1)S(=O)(=O)c1cccnc1C#N. The monoisotopic (exact) mass is 276 g/mol. The number of pyridine rings is 1. The van der Waals surface area contributed by atoms with Crippen LogP contribution in [-0.4, -0.2) is 30.3 Å². The highest BCUT2D eigenvalue weighted by molar-refractivity contribution is 7.89. The van der Waals surface area contributed by atoms with Gasteiger partial charge >= 0.3 is 0 Å². The van der Waals surface area contributed by atoms with Crippen LogP contribution in [0.2, 0.25) is 0 Å². The second kappa shape index (κ2) is 5.35. The third-order valence-electron chi connectivity index (χ3n) is 2.86. The average Bonchev–Trinajstić information content (AvgIpc) is 3.23. The minimum absolute atomic E-state index is 0.0508. The summed E-state index contributed by atoms with van der Waals surface area (Å²) >= 11 is 0. The molecule has 0 amide bonds. The Hall–Kier alpha value is -1.96. The zero-order chi connectivity index (χ0) is 13.9. The van der Waals surface area contributed by atoms with Crippen LogP contribution in [0.1, 0.15) is 25.0 Å². The van der Waals surface area contributed by atoms with Crippen LogP contribution in [0.25, 0.3) is 0 Å². The highest BCUT2D eigenvalue weighted by atomic mass is 32.2. The molecule has 98 valence electrons. The lowest BCUT2D eigenvalue weighted by Crippen LogP contribution is -2.34. The predicted octanol–water partition coefficient (Wildman–Crippen LogP) is 1.02. The first-order valence-corrected chi connectivity index (χ1v) is 7.29. The molecule has 2 rings (SSSR count).